The van der Waals surface area contributed by atoms with Crippen LogP contribution in [0.5, 0.6) is 5.75 Å². The number of hydrogen-bond donors (Lipinski definition) is 2. The van der Waals surface area contributed by atoms with Crippen molar-refractivity contribution < 1.29 is 14.3 Å². The van der Waals surface area contributed by atoms with Gasteiger partial charge in [-0.05, 0) is 30.7 Å². The molecule has 0 aliphatic heterocycles. The Morgan fingerprint density at radius 2 is 2.07 bits per heavy atom. The maximum absolute atomic E-state index is 10.1. The van der Waals surface area contributed by atoms with Gasteiger partial charge in [-0.2, -0.15) is 0 Å². The molecule has 0 fully saturated rings. The number of para-hydroxylation sites is 1. The van der Waals surface area contributed by atoms with Crippen LogP contribution in [0.1, 0.15) is 5.56 Å². The second kappa shape index (κ2) is 7.85. The highest BCUT2D eigenvalue weighted by atomic mass is 32.2. The summed E-state index contributed by atoms with van der Waals surface area (Å²) in [4.78, 5) is 3.19. The average molecular weight is 381 g/mol. The molecular formula is C20H19N3O3S. The standard InChI is InChI=1S/C20H19N3O3S/c1-13-5-4-6-15(9-13)25-11-14(24)12-27-20-23-22-19(26-20)17-10-21-18-8-3-2-7-16(17)18/h2-10,14,21,24H,11-12H2,1H3/t14-/m1/s1. The molecule has 2 aromatic carbocycles. The fourth-order valence-corrected chi connectivity index (χ4v) is 3.41. The van der Waals surface area contributed by atoms with E-state index in [-0.39, 0.29) is 6.61 Å². The van der Waals surface area contributed by atoms with Gasteiger partial charge in [-0.15, -0.1) is 10.2 Å². The Morgan fingerprint density at radius 3 is 2.96 bits per heavy atom. The molecule has 0 radical (unpaired) electrons. The van der Waals surface area contributed by atoms with Gasteiger partial charge in [-0.3, -0.25) is 0 Å². The molecule has 0 saturated heterocycles. The van der Waals surface area contributed by atoms with Crippen LogP contribution in [0.4, 0.5) is 0 Å². The van der Waals surface area contributed by atoms with Gasteiger partial charge >= 0.3 is 0 Å². The van der Waals surface area contributed by atoms with Crippen molar-refractivity contribution in [3.63, 3.8) is 0 Å². The summed E-state index contributed by atoms with van der Waals surface area (Å²) in [7, 11) is 0. The zero-order valence-electron chi connectivity index (χ0n) is 14.8. The predicted molar refractivity (Wildman–Crippen MR) is 105 cm³/mol. The Hall–Kier alpha value is -2.77. The summed E-state index contributed by atoms with van der Waals surface area (Å²) in [6.07, 6.45) is 1.22. The fourth-order valence-electron chi connectivity index (χ4n) is 2.74. The summed E-state index contributed by atoms with van der Waals surface area (Å²) in [5.74, 6) is 1.61. The molecule has 138 valence electrons. The van der Waals surface area contributed by atoms with E-state index in [0.29, 0.717) is 16.9 Å². The molecule has 0 aliphatic rings. The van der Waals surface area contributed by atoms with Crippen LogP contribution in [0.25, 0.3) is 22.4 Å². The normalized spacial score (nSPS) is 12.4. The molecule has 2 N–H and O–H groups in total. The molecule has 0 aliphatic carbocycles. The molecule has 2 aromatic heterocycles. The third kappa shape index (κ3) is 4.15. The minimum absolute atomic E-state index is 0.208. The molecular weight excluding hydrogens is 362 g/mol. The van der Waals surface area contributed by atoms with E-state index in [1.54, 1.807) is 0 Å². The summed E-state index contributed by atoms with van der Waals surface area (Å²) in [6.45, 7) is 2.21. The number of nitrogens with zero attached hydrogens (tertiary/aromatic N) is 2. The van der Waals surface area contributed by atoms with Gasteiger partial charge in [0.05, 0.1) is 11.7 Å². The molecule has 2 heterocycles. The van der Waals surface area contributed by atoms with Gasteiger partial charge in [-0.1, -0.05) is 42.1 Å². The number of aliphatic hydroxyl groups is 1. The van der Waals surface area contributed by atoms with E-state index in [4.69, 9.17) is 9.15 Å². The Morgan fingerprint density at radius 1 is 1.19 bits per heavy atom. The Kier molecular flexibility index (Phi) is 5.13. The lowest BCUT2D eigenvalue weighted by atomic mass is 10.2. The van der Waals surface area contributed by atoms with Crippen LogP contribution < -0.4 is 4.74 Å². The molecule has 0 spiro atoms. The second-order valence-electron chi connectivity index (χ2n) is 6.21. The largest absolute Gasteiger partial charge is 0.491 e. The smallest absolute Gasteiger partial charge is 0.276 e. The van der Waals surface area contributed by atoms with E-state index >= 15 is 0 Å². The molecule has 4 rings (SSSR count). The van der Waals surface area contributed by atoms with E-state index in [1.807, 2.05) is 61.7 Å². The second-order valence-corrected chi connectivity index (χ2v) is 7.18. The van der Waals surface area contributed by atoms with E-state index < -0.39 is 6.10 Å². The van der Waals surface area contributed by atoms with E-state index in [0.717, 1.165) is 27.8 Å². The van der Waals surface area contributed by atoms with Gasteiger partial charge in [0.25, 0.3) is 11.1 Å². The quantitative estimate of drug-likeness (QED) is 0.470. The lowest BCUT2D eigenvalue weighted by molar-refractivity contribution is 0.126. The predicted octanol–water partition coefficient (Wildman–Crippen LogP) is 4.06. The first-order valence-corrected chi connectivity index (χ1v) is 9.58. The first-order chi connectivity index (χ1) is 13.2. The molecule has 4 aromatic rings. The lowest BCUT2D eigenvalue weighted by Gasteiger charge is -2.11. The summed E-state index contributed by atoms with van der Waals surface area (Å²) in [6, 6.07) is 15.7. The summed E-state index contributed by atoms with van der Waals surface area (Å²) in [5, 5.41) is 19.8. The van der Waals surface area contributed by atoms with Crippen molar-refractivity contribution in [2.75, 3.05) is 12.4 Å². The van der Waals surface area contributed by atoms with Gasteiger partial charge in [0.2, 0.25) is 0 Å². The summed E-state index contributed by atoms with van der Waals surface area (Å²) < 4.78 is 11.3. The Bertz CT molecular complexity index is 1040. The molecule has 0 bridgehead atoms. The SMILES string of the molecule is Cc1cccc(OC[C@@H](O)CSc2nnc(-c3c[nH]c4ccccc34)o2)c1. The maximum Gasteiger partial charge on any atom is 0.276 e. The number of fused-ring (bicyclic) bond motifs is 1. The summed E-state index contributed by atoms with van der Waals surface area (Å²) in [5.41, 5.74) is 3.00. The van der Waals surface area contributed by atoms with E-state index in [9.17, 15) is 5.11 Å². The zero-order chi connectivity index (χ0) is 18.6. The number of aromatic amines is 1. The zero-order valence-corrected chi connectivity index (χ0v) is 15.6. The third-order valence-electron chi connectivity index (χ3n) is 4.06. The van der Waals surface area contributed by atoms with Gasteiger partial charge < -0.3 is 19.2 Å². The first-order valence-electron chi connectivity index (χ1n) is 8.59. The minimum atomic E-state index is -0.640. The van der Waals surface area contributed by atoms with Gasteiger partial charge in [0.1, 0.15) is 12.4 Å². The number of benzene rings is 2. The number of aryl methyl sites for hydroxylation is 1. The monoisotopic (exact) mass is 381 g/mol. The van der Waals surface area contributed by atoms with Crippen LogP contribution >= 0.6 is 11.8 Å². The highest BCUT2D eigenvalue weighted by Crippen LogP contribution is 2.29. The van der Waals surface area contributed by atoms with Crippen molar-refractivity contribution in [1.29, 1.82) is 0 Å². The van der Waals surface area contributed by atoms with Crippen molar-refractivity contribution in [1.82, 2.24) is 15.2 Å². The summed E-state index contributed by atoms with van der Waals surface area (Å²) >= 11 is 1.31. The minimum Gasteiger partial charge on any atom is -0.491 e. The van der Waals surface area contributed by atoms with Gasteiger partial charge in [0, 0.05) is 22.9 Å². The number of H-pyrrole nitrogens is 1. The van der Waals surface area contributed by atoms with Crippen molar-refractivity contribution >= 4 is 22.7 Å². The molecule has 27 heavy (non-hydrogen) atoms. The van der Waals surface area contributed by atoms with Crippen LogP contribution in [0.15, 0.2) is 64.4 Å². The molecule has 0 saturated carbocycles. The van der Waals surface area contributed by atoms with Crippen LogP contribution in [-0.4, -0.2) is 38.8 Å². The number of hydrogen-bond acceptors (Lipinski definition) is 6. The van der Waals surface area contributed by atoms with E-state index in [1.165, 1.54) is 11.8 Å². The fraction of sp³-hybridized carbons (Fsp3) is 0.200. The van der Waals surface area contributed by atoms with Crippen molar-refractivity contribution in [2.24, 2.45) is 0 Å². The van der Waals surface area contributed by atoms with Crippen molar-refractivity contribution in [3.8, 4) is 17.2 Å². The molecule has 6 nitrogen and oxygen atoms in total. The number of aromatic nitrogens is 3. The van der Waals surface area contributed by atoms with Gasteiger partial charge in [0.15, 0.2) is 0 Å². The number of thioether (sulfide) groups is 1. The van der Waals surface area contributed by atoms with Crippen LogP contribution in [0.3, 0.4) is 0 Å². The first kappa shape index (κ1) is 17.6. The van der Waals surface area contributed by atoms with Gasteiger partial charge in [-0.25, -0.2) is 0 Å². The topological polar surface area (TPSA) is 84.2 Å². The lowest BCUT2D eigenvalue weighted by Crippen LogP contribution is -2.20. The Labute approximate surface area is 160 Å². The van der Waals surface area contributed by atoms with Crippen molar-refractivity contribution in [3.05, 3.63) is 60.3 Å². The molecule has 7 heteroatoms. The molecule has 0 unspecified atom stereocenters. The Balaban J connectivity index is 1.34. The number of ether oxygens (including phenoxy) is 1. The number of nitrogens with one attached hydrogen (secondary N) is 1. The average Bonchev–Trinajstić information content (AvgIpc) is 3.31. The van der Waals surface area contributed by atoms with Crippen LogP contribution in [-0.2, 0) is 0 Å². The molecule has 1 atom stereocenters. The maximum atomic E-state index is 10.1. The van der Waals surface area contributed by atoms with Crippen molar-refractivity contribution in [2.45, 2.75) is 18.3 Å². The third-order valence-corrected chi connectivity index (χ3v) is 5.02. The number of rotatable bonds is 7. The highest BCUT2D eigenvalue weighted by molar-refractivity contribution is 7.99. The van der Waals surface area contributed by atoms with Crippen LogP contribution in [0.2, 0.25) is 0 Å². The van der Waals surface area contributed by atoms with E-state index in [2.05, 4.69) is 15.2 Å². The highest BCUT2D eigenvalue weighted by Gasteiger charge is 2.15. The van der Waals surface area contributed by atoms with Crippen LogP contribution in [0, 0.1) is 6.92 Å². The molecule has 0 amide bonds. The number of aliphatic hydroxyl groups excluding tert-OH is 1.